The van der Waals surface area contributed by atoms with Crippen molar-refractivity contribution in [2.45, 2.75) is 37.3 Å². The van der Waals surface area contributed by atoms with Crippen molar-refractivity contribution in [1.82, 2.24) is 5.32 Å². The largest absolute Gasteiger partial charge is 0.416 e. The predicted octanol–water partition coefficient (Wildman–Crippen LogP) is 2.51. The summed E-state index contributed by atoms with van der Waals surface area (Å²) in [7, 11) is 1.65. The molecule has 1 unspecified atom stereocenters. The molecular formula is C14H18F3NO2. The Balaban J connectivity index is 1.88. The summed E-state index contributed by atoms with van der Waals surface area (Å²) >= 11 is 0. The number of hydrogen-bond acceptors (Lipinski definition) is 3. The minimum Gasteiger partial charge on any atom is -0.387 e. The summed E-state index contributed by atoms with van der Waals surface area (Å²) in [5.74, 6) is 0. The van der Waals surface area contributed by atoms with Crippen molar-refractivity contribution in [3.8, 4) is 0 Å². The van der Waals surface area contributed by atoms with Crippen LogP contribution >= 0.6 is 0 Å². The fraction of sp³-hybridized carbons (Fsp3) is 0.571. The molecule has 0 amide bonds. The Labute approximate surface area is 115 Å². The third-order valence-electron chi connectivity index (χ3n) is 3.63. The van der Waals surface area contributed by atoms with Crippen molar-refractivity contribution in [3.63, 3.8) is 0 Å². The molecule has 6 heteroatoms. The number of alkyl halides is 3. The molecule has 1 aliphatic rings. The molecule has 0 bridgehead atoms. The average molecular weight is 289 g/mol. The van der Waals surface area contributed by atoms with Crippen LogP contribution < -0.4 is 5.32 Å². The Morgan fingerprint density at radius 1 is 1.40 bits per heavy atom. The van der Waals surface area contributed by atoms with Gasteiger partial charge in [0.1, 0.15) is 0 Å². The summed E-state index contributed by atoms with van der Waals surface area (Å²) in [6.45, 7) is 0.239. The maximum atomic E-state index is 12.6. The zero-order valence-electron chi connectivity index (χ0n) is 11.2. The van der Waals surface area contributed by atoms with Gasteiger partial charge in [-0.25, -0.2) is 0 Å². The summed E-state index contributed by atoms with van der Waals surface area (Å²) in [4.78, 5) is 0. The highest BCUT2D eigenvalue weighted by Gasteiger charge is 2.31. The molecule has 0 aromatic heterocycles. The normalized spacial score (nSPS) is 24.2. The molecule has 1 fully saturated rings. The molecule has 20 heavy (non-hydrogen) atoms. The van der Waals surface area contributed by atoms with Crippen LogP contribution in [0.1, 0.15) is 30.1 Å². The number of aliphatic hydroxyl groups is 1. The number of methoxy groups -OCH3 is 1. The Kier molecular flexibility index (Phi) is 4.67. The van der Waals surface area contributed by atoms with Gasteiger partial charge >= 0.3 is 6.18 Å². The van der Waals surface area contributed by atoms with E-state index in [1.807, 2.05) is 0 Å². The number of ether oxygens (including phenoxy) is 1. The maximum Gasteiger partial charge on any atom is 0.416 e. The van der Waals surface area contributed by atoms with E-state index in [0.717, 1.165) is 25.0 Å². The molecule has 0 spiro atoms. The molecule has 2 N–H and O–H groups in total. The fourth-order valence-corrected chi connectivity index (χ4v) is 2.24. The first-order chi connectivity index (χ1) is 9.40. The van der Waals surface area contributed by atoms with Crippen molar-refractivity contribution in [1.29, 1.82) is 0 Å². The van der Waals surface area contributed by atoms with Gasteiger partial charge in [-0.3, -0.25) is 0 Å². The molecule has 2 rings (SSSR count). The first kappa shape index (κ1) is 15.3. The maximum absolute atomic E-state index is 12.6. The molecule has 0 saturated heterocycles. The van der Waals surface area contributed by atoms with Crippen molar-refractivity contribution >= 4 is 0 Å². The van der Waals surface area contributed by atoms with Gasteiger partial charge in [0.2, 0.25) is 0 Å². The topological polar surface area (TPSA) is 41.5 Å². The van der Waals surface area contributed by atoms with E-state index in [9.17, 15) is 18.3 Å². The molecular weight excluding hydrogens is 271 g/mol. The summed E-state index contributed by atoms with van der Waals surface area (Å²) in [5.41, 5.74) is -0.466. The van der Waals surface area contributed by atoms with Crippen LogP contribution in [0.3, 0.4) is 0 Å². The van der Waals surface area contributed by atoms with E-state index in [1.54, 1.807) is 7.11 Å². The van der Waals surface area contributed by atoms with Crippen LogP contribution in [0.15, 0.2) is 24.3 Å². The van der Waals surface area contributed by atoms with E-state index in [0.29, 0.717) is 0 Å². The van der Waals surface area contributed by atoms with E-state index in [-0.39, 0.29) is 24.3 Å². The molecule has 0 heterocycles. The zero-order chi connectivity index (χ0) is 14.8. The Morgan fingerprint density at radius 2 is 2.10 bits per heavy atom. The van der Waals surface area contributed by atoms with Crippen LogP contribution in [0.25, 0.3) is 0 Å². The van der Waals surface area contributed by atoms with Gasteiger partial charge < -0.3 is 15.2 Å². The standard InChI is InChI=1S/C14H18F3NO2/c1-20-12-6-11(7-12)18-8-13(19)9-3-2-4-10(5-9)14(15,16)17/h2-5,11-13,18-19H,6-8H2,1H3. The summed E-state index contributed by atoms with van der Waals surface area (Å²) < 4.78 is 42.9. The van der Waals surface area contributed by atoms with Gasteiger partial charge in [-0.2, -0.15) is 13.2 Å². The Hall–Kier alpha value is -1.11. The quantitative estimate of drug-likeness (QED) is 0.875. The van der Waals surface area contributed by atoms with Gasteiger partial charge in [0.15, 0.2) is 0 Å². The average Bonchev–Trinajstić information content (AvgIpc) is 2.36. The Morgan fingerprint density at radius 3 is 2.70 bits per heavy atom. The third kappa shape index (κ3) is 3.71. The van der Waals surface area contributed by atoms with Crippen LogP contribution in [-0.2, 0) is 10.9 Å². The number of aliphatic hydroxyl groups excluding tert-OH is 1. The minimum absolute atomic E-state index is 0.239. The van der Waals surface area contributed by atoms with E-state index in [1.165, 1.54) is 12.1 Å². The number of benzene rings is 1. The van der Waals surface area contributed by atoms with Gasteiger partial charge in [-0.1, -0.05) is 12.1 Å². The molecule has 0 aliphatic heterocycles. The molecule has 1 saturated carbocycles. The lowest BCUT2D eigenvalue weighted by atomic mass is 9.89. The zero-order valence-corrected chi connectivity index (χ0v) is 11.2. The summed E-state index contributed by atoms with van der Waals surface area (Å²) in [6.07, 6.45) is -3.35. The lowest BCUT2D eigenvalue weighted by Crippen LogP contribution is -2.46. The fourth-order valence-electron chi connectivity index (χ4n) is 2.24. The molecule has 3 nitrogen and oxygen atoms in total. The monoisotopic (exact) mass is 289 g/mol. The third-order valence-corrected chi connectivity index (χ3v) is 3.63. The number of rotatable bonds is 5. The van der Waals surface area contributed by atoms with Crippen LogP contribution in [0.5, 0.6) is 0 Å². The van der Waals surface area contributed by atoms with Gasteiger partial charge in [0.05, 0.1) is 17.8 Å². The second kappa shape index (κ2) is 6.11. The minimum atomic E-state index is -4.39. The van der Waals surface area contributed by atoms with Crippen molar-refractivity contribution < 1.29 is 23.0 Å². The molecule has 1 atom stereocenters. The molecule has 1 aromatic carbocycles. The van der Waals surface area contributed by atoms with Crippen molar-refractivity contribution in [2.24, 2.45) is 0 Å². The molecule has 0 radical (unpaired) electrons. The van der Waals surface area contributed by atoms with Crippen LogP contribution in [0, 0.1) is 0 Å². The van der Waals surface area contributed by atoms with Gasteiger partial charge in [-0.05, 0) is 30.5 Å². The SMILES string of the molecule is COC1CC(NCC(O)c2cccc(C(F)(F)F)c2)C1. The number of nitrogens with one attached hydrogen (secondary N) is 1. The Bertz CT molecular complexity index is 444. The van der Waals surface area contributed by atoms with Gasteiger partial charge in [0.25, 0.3) is 0 Å². The van der Waals surface area contributed by atoms with E-state index >= 15 is 0 Å². The summed E-state index contributed by atoms with van der Waals surface area (Å²) in [5, 5.41) is 13.1. The predicted molar refractivity (Wildman–Crippen MR) is 68.2 cm³/mol. The molecule has 1 aliphatic carbocycles. The van der Waals surface area contributed by atoms with Crippen LogP contribution in [0.4, 0.5) is 13.2 Å². The van der Waals surface area contributed by atoms with Gasteiger partial charge in [-0.15, -0.1) is 0 Å². The molecule has 1 aromatic rings. The van der Waals surface area contributed by atoms with Crippen LogP contribution in [0.2, 0.25) is 0 Å². The van der Waals surface area contributed by atoms with Crippen molar-refractivity contribution in [3.05, 3.63) is 35.4 Å². The van der Waals surface area contributed by atoms with E-state index in [4.69, 9.17) is 4.74 Å². The number of halogens is 3. The van der Waals surface area contributed by atoms with E-state index < -0.39 is 17.8 Å². The molecule has 112 valence electrons. The number of hydrogen-bond donors (Lipinski definition) is 2. The van der Waals surface area contributed by atoms with E-state index in [2.05, 4.69) is 5.32 Å². The smallest absolute Gasteiger partial charge is 0.387 e. The summed E-state index contributed by atoms with van der Waals surface area (Å²) in [6, 6.07) is 5.07. The highest BCUT2D eigenvalue weighted by molar-refractivity contribution is 5.27. The van der Waals surface area contributed by atoms with Crippen LogP contribution in [-0.4, -0.2) is 30.9 Å². The first-order valence-electron chi connectivity index (χ1n) is 6.51. The lowest BCUT2D eigenvalue weighted by molar-refractivity contribution is -0.137. The highest BCUT2D eigenvalue weighted by Crippen LogP contribution is 2.31. The highest BCUT2D eigenvalue weighted by atomic mass is 19.4. The van der Waals surface area contributed by atoms with Crippen molar-refractivity contribution in [2.75, 3.05) is 13.7 Å². The second-order valence-corrected chi connectivity index (χ2v) is 5.07. The lowest BCUT2D eigenvalue weighted by Gasteiger charge is -2.35. The first-order valence-corrected chi connectivity index (χ1v) is 6.51. The second-order valence-electron chi connectivity index (χ2n) is 5.07. The van der Waals surface area contributed by atoms with Gasteiger partial charge in [0, 0.05) is 19.7 Å².